The van der Waals surface area contributed by atoms with Crippen molar-refractivity contribution in [1.29, 1.82) is 0 Å². The maximum absolute atomic E-state index is 12.7. The maximum Gasteiger partial charge on any atom is 0.338 e. The predicted molar refractivity (Wildman–Crippen MR) is 131 cm³/mol. The fraction of sp³-hybridized carbons (Fsp3) is 0.630. The van der Waals surface area contributed by atoms with E-state index in [0.717, 1.165) is 23.6 Å². The van der Waals surface area contributed by atoms with Crippen LogP contribution >= 0.6 is 15.9 Å². The van der Waals surface area contributed by atoms with Crippen LogP contribution in [-0.4, -0.2) is 73.0 Å². The van der Waals surface area contributed by atoms with Crippen molar-refractivity contribution < 1.29 is 38.0 Å². The van der Waals surface area contributed by atoms with Gasteiger partial charge < -0.3 is 33.2 Å². The molecule has 9 heteroatoms. The standard InChI is InChI=1S/C27H31BrO8/c1-15(28)13-18(32-26(30)16-5-3-2-4-6-16)9-11-27-14-20-22(35-27)23-24(34-20)25(36-27)21-19(33-23)8-7-17(31-21)10-12-29/h2-6,12,17-25H,1,7-11,13-14H2/t17?,18-,19-,20+,21-,22-,23-,24+,25-,27-/m0/s1. The summed E-state index contributed by atoms with van der Waals surface area (Å²) in [5.74, 6) is -1.23. The Bertz CT molecular complexity index is 1000. The van der Waals surface area contributed by atoms with Crippen molar-refractivity contribution in [3.63, 3.8) is 0 Å². The van der Waals surface area contributed by atoms with Crippen LogP contribution in [0.3, 0.4) is 0 Å². The molecule has 0 spiro atoms. The normalized spacial score (nSPS) is 40.8. The lowest BCUT2D eigenvalue weighted by atomic mass is 9.87. The highest BCUT2D eigenvalue weighted by Gasteiger charge is 2.68. The van der Waals surface area contributed by atoms with Crippen LogP contribution in [0.1, 0.15) is 55.3 Å². The Morgan fingerprint density at radius 2 is 1.81 bits per heavy atom. The Labute approximate surface area is 218 Å². The topological polar surface area (TPSA) is 89.5 Å². The van der Waals surface area contributed by atoms with Crippen molar-refractivity contribution in [3.8, 4) is 0 Å². The van der Waals surface area contributed by atoms with Crippen LogP contribution in [0.5, 0.6) is 0 Å². The van der Waals surface area contributed by atoms with Gasteiger partial charge in [0.15, 0.2) is 5.79 Å². The molecule has 6 aliphatic heterocycles. The van der Waals surface area contributed by atoms with Crippen LogP contribution in [0, 0.1) is 0 Å². The van der Waals surface area contributed by atoms with E-state index >= 15 is 0 Å². The predicted octanol–water partition coefficient (Wildman–Crippen LogP) is 3.85. The lowest BCUT2D eigenvalue weighted by molar-refractivity contribution is -0.292. The van der Waals surface area contributed by atoms with Gasteiger partial charge in [-0.05, 0) is 35.9 Å². The van der Waals surface area contributed by atoms with Crippen molar-refractivity contribution in [2.24, 2.45) is 0 Å². The molecule has 0 radical (unpaired) electrons. The lowest BCUT2D eigenvalue weighted by Crippen LogP contribution is -2.61. The number of esters is 1. The van der Waals surface area contributed by atoms with Crippen molar-refractivity contribution in [3.05, 3.63) is 47.0 Å². The molecule has 1 aromatic rings. The van der Waals surface area contributed by atoms with Crippen LogP contribution in [-0.2, 0) is 33.2 Å². The van der Waals surface area contributed by atoms with Gasteiger partial charge in [0.05, 0.1) is 23.9 Å². The summed E-state index contributed by atoms with van der Waals surface area (Å²) in [5.41, 5.74) is 0.509. The number of rotatable bonds is 9. The van der Waals surface area contributed by atoms with Gasteiger partial charge in [-0.15, -0.1) is 0 Å². The number of halogens is 1. The summed E-state index contributed by atoms with van der Waals surface area (Å²) in [7, 11) is 0. The Balaban J connectivity index is 1.18. The minimum Gasteiger partial charge on any atom is -0.458 e. The first-order chi connectivity index (χ1) is 17.4. The number of carbonyl (C=O) groups is 2. The van der Waals surface area contributed by atoms with E-state index in [1.807, 2.05) is 18.2 Å². The third-order valence-electron chi connectivity index (χ3n) is 7.97. The SMILES string of the molecule is C=C(Br)C[C@H](CC[C@@]12C[C@H]3O[C@H]4[C@@H](O1)[C@H]1OC(CC=O)CC[C@@H]1O[C@H]4[C@H]3O2)OC(=O)c1ccccc1. The molecule has 7 rings (SSSR count). The first-order valence-corrected chi connectivity index (χ1v) is 13.6. The van der Waals surface area contributed by atoms with Crippen LogP contribution in [0.25, 0.3) is 0 Å². The first kappa shape index (κ1) is 24.7. The van der Waals surface area contributed by atoms with Gasteiger partial charge in [-0.3, -0.25) is 0 Å². The number of ether oxygens (including phenoxy) is 6. The quantitative estimate of drug-likeness (QED) is 0.331. The molecular weight excluding hydrogens is 532 g/mol. The Morgan fingerprint density at radius 1 is 1.06 bits per heavy atom. The van der Waals surface area contributed by atoms with Gasteiger partial charge in [-0.1, -0.05) is 40.7 Å². The molecule has 36 heavy (non-hydrogen) atoms. The highest BCUT2D eigenvalue weighted by molar-refractivity contribution is 9.11. The molecule has 6 heterocycles. The van der Waals surface area contributed by atoms with E-state index in [1.165, 1.54) is 0 Å². The summed E-state index contributed by atoms with van der Waals surface area (Å²) >= 11 is 3.42. The van der Waals surface area contributed by atoms with E-state index in [-0.39, 0.29) is 54.8 Å². The second kappa shape index (κ2) is 9.93. The second-order valence-corrected chi connectivity index (χ2v) is 11.5. The van der Waals surface area contributed by atoms with E-state index in [9.17, 15) is 9.59 Å². The number of hydrogen-bond acceptors (Lipinski definition) is 8. The molecule has 10 atom stereocenters. The summed E-state index contributed by atoms with van der Waals surface area (Å²) in [6, 6.07) is 8.96. The Kier molecular flexibility index (Phi) is 6.81. The number of fused-ring (bicyclic) bond motifs is 1. The molecule has 194 valence electrons. The second-order valence-electron chi connectivity index (χ2n) is 10.4. The van der Waals surface area contributed by atoms with E-state index in [1.54, 1.807) is 12.1 Å². The maximum atomic E-state index is 12.7. The molecule has 0 amide bonds. The third-order valence-corrected chi connectivity index (χ3v) is 8.29. The number of carbonyl (C=O) groups excluding carboxylic acids is 2. The zero-order valence-electron chi connectivity index (χ0n) is 20.0. The molecule has 0 aliphatic carbocycles. The Hall–Kier alpha value is -1.62. The summed E-state index contributed by atoms with van der Waals surface area (Å²) < 4.78 is 39.0. The Morgan fingerprint density at radius 3 is 2.58 bits per heavy atom. The number of hydrogen-bond donors (Lipinski definition) is 0. The highest BCUT2D eigenvalue weighted by Crippen LogP contribution is 2.54. The zero-order chi connectivity index (χ0) is 24.9. The molecule has 8 nitrogen and oxygen atoms in total. The van der Waals surface area contributed by atoms with Crippen molar-refractivity contribution >= 4 is 28.2 Å². The fourth-order valence-corrected chi connectivity index (χ4v) is 6.74. The van der Waals surface area contributed by atoms with Gasteiger partial charge in [-0.2, -0.15) is 0 Å². The van der Waals surface area contributed by atoms with E-state index in [4.69, 9.17) is 28.4 Å². The molecular formula is C27H31BrO8. The molecule has 6 aliphatic rings. The third kappa shape index (κ3) is 4.59. The summed E-state index contributed by atoms with van der Waals surface area (Å²) in [4.78, 5) is 23.8. The number of aldehydes is 1. The average molecular weight is 563 g/mol. The smallest absolute Gasteiger partial charge is 0.338 e. The summed E-state index contributed by atoms with van der Waals surface area (Å²) in [6.07, 6.45) is 3.01. The summed E-state index contributed by atoms with van der Waals surface area (Å²) in [6.45, 7) is 3.94. The highest BCUT2D eigenvalue weighted by atomic mass is 79.9. The molecule has 0 saturated carbocycles. The molecule has 0 N–H and O–H groups in total. The van der Waals surface area contributed by atoms with Crippen molar-refractivity contribution in [2.45, 2.75) is 106 Å². The minimum atomic E-state index is -0.867. The first-order valence-electron chi connectivity index (χ1n) is 12.8. The van der Waals surface area contributed by atoms with Crippen molar-refractivity contribution in [1.82, 2.24) is 0 Å². The van der Waals surface area contributed by atoms with Gasteiger partial charge in [-0.25, -0.2) is 4.79 Å². The largest absolute Gasteiger partial charge is 0.458 e. The average Bonchev–Trinajstić information content (AvgIpc) is 3.28. The minimum absolute atomic E-state index is 0.0993. The molecule has 1 aromatic carbocycles. The monoisotopic (exact) mass is 562 g/mol. The van der Waals surface area contributed by atoms with E-state index in [2.05, 4.69) is 22.5 Å². The zero-order valence-corrected chi connectivity index (χ0v) is 21.5. The molecule has 6 bridgehead atoms. The van der Waals surface area contributed by atoms with Gasteiger partial charge >= 0.3 is 5.97 Å². The summed E-state index contributed by atoms with van der Waals surface area (Å²) in [5, 5.41) is 0. The molecule has 6 fully saturated rings. The van der Waals surface area contributed by atoms with Gasteiger partial charge in [0.2, 0.25) is 0 Å². The number of benzene rings is 1. The van der Waals surface area contributed by atoms with Crippen LogP contribution in [0.4, 0.5) is 0 Å². The van der Waals surface area contributed by atoms with Gasteiger partial charge in [0.1, 0.15) is 42.9 Å². The van der Waals surface area contributed by atoms with Crippen LogP contribution in [0.15, 0.2) is 41.4 Å². The van der Waals surface area contributed by atoms with Gasteiger partial charge in [0.25, 0.3) is 0 Å². The van der Waals surface area contributed by atoms with E-state index in [0.29, 0.717) is 37.7 Å². The lowest BCUT2D eigenvalue weighted by Gasteiger charge is -2.47. The fourth-order valence-electron chi connectivity index (χ4n) is 6.38. The van der Waals surface area contributed by atoms with Crippen LogP contribution < -0.4 is 0 Å². The molecule has 1 unspecified atom stereocenters. The van der Waals surface area contributed by atoms with Gasteiger partial charge in [0, 0.05) is 25.7 Å². The molecule has 6 saturated heterocycles. The molecule has 0 aromatic heterocycles. The van der Waals surface area contributed by atoms with Crippen molar-refractivity contribution in [2.75, 3.05) is 0 Å². The van der Waals surface area contributed by atoms with E-state index < -0.39 is 11.9 Å². The van der Waals surface area contributed by atoms with Crippen LogP contribution in [0.2, 0.25) is 0 Å².